The number of carbonyl (C=O) groups excluding carboxylic acids is 1. The van der Waals surface area contributed by atoms with Crippen LogP contribution in [0.3, 0.4) is 0 Å². The van der Waals surface area contributed by atoms with Crippen molar-refractivity contribution in [3.63, 3.8) is 0 Å². The molecule has 0 aliphatic carbocycles. The average Bonchev–Trinajstić information content (AvgIpc) is 2.58. The molecule has 0 saturated carbocycles. The lowest BCUT2D eigenvalue weighted by molar-refractivity contribution is 0.165. The van der Waals surface area contributed by atoms with E-state index in [1.807, 2.05) is 4.90 Å². The van der Waals surface area contributed by atoms with Gasteiger partial charge in [0.05, 0.1) is 0 Å². The van der Waals surface area contributed by atoms with Gasteiger partial charge >= 0.3 is 6.03 Å². The fourth-order valence-corrected chi connectivity index (χ4v) is 2.28. The zero-order chi connectivity index (χ0) is 10.9. The molecule has 0 unspecified atom stereocenters. The molecule has 0 aromatic heterocycles. The lowest BCUT2D eigenvalue weighted by Gasteiger charge is -2.38. The predicted molar refractivity (Wildman–Crippen MR) is 59.7 cm³/mol. The second-order valence-corrected chi connectivity index (χ2v) is 5.36. The van der Waals surface area contributed by atoms with Crippen LogP contribution in [0.4, 0.5) is 4.79 Å². The molecule has 0 bridgehead atoms. The Balaban J connectivity index is 1.77. The maximum Gasteiger partial charge on any atom is 0.317 e. The van der Waals surface area contributed by atoms with Crippen molar-refractivity contribution in [1.82, 2.24) is 15.5 Å². The van der Waals surface area contributed by atoms with E-state index in [1.54, 1.807) is 0 Å². The van der Waals surface area contributed by atoms with Crippen molar-refractivity contribution in [3.05, 3.63) is 0 Å². The molecule has 2 heterocycles. The minimum atomic E-state index is 0.118. The van der Waals surface area contributed by atoms with Gasteiger partial charge in [0.1, 0.15) is 0 Å². The number of likely N-dealkylation sites (tertiary alicyclic amines) is 1. The lowest BCUT2D eigenvalue weighted by Crippen LogP contribution is -2.55. The molecule has 4 heteroatoms. The molecule has 15 heavy (non-hydrogen) atoms. The lowest BCUT2D eigenvalue weighted by atomic mass is 9.81. The highest BCUT2D eigenvalue weighted by Gasteiger charge is 2.44. The van der Waals surface area contributed by atoms with Gasteiger partial charge in [0.25, 0.3) is 0 Å². The van der Waals surface area contributed by atoms with Gasteiger partial charge in [-0.3, -0.25) is 0 Å². The normalized spacial score (nSPS) is 23.3. The minimum absolute atomic E-state index is 0.118. The second kappa shape index (κ2) is 4.00. The number of urea groups is 1. The number of carbonyl (C=O) groups is 1. The fourth-order valence-electron chi connectivity index (χ4n) is 2.28. The molecule has 2 fully saturated rings. The van der Waals surface area contributed by atoms with Crippen LogP contribution in [0.5, 0.6) is 0 Å². The van der Waals surface area contributed by atoms with Crippen molar-refractivity contribution >= 4 is 6.03 Å². The van der Waals surface area contributed by atoms with Crippen molar-refractivity contribution in [2.45, 2.75) is 20.3 Å². The van der Waals surface area contributed by atoms with E-state index in [1.165, 1.54) is 0 Å². The van der Waals surface area contributed by atoms with Crippen molar-refractivity contribution < 1.29 is 4.79 Å². The zero-order valence-electron chi connectivity index (χ0n) is 9.68. The van der Waals surface area contributed by atoms with Crippen LogP contribution in [0, 0.1) is 11.3 Å². The molecular weight excluding hydrogens is 190 g/mol. The minimum Gasteiger partial charge on any atom is -0.338 e. The SMILES string of the molecule is CC(C)CNC(=O)N1CCC2(CNC2)C1. The highest BCUT2D eigenvalue weighted by atomic mass is 16.2. The summed E-state index contributed by atoms with van der Waals surface area (Å²) in [4.78, 5) is 13.7. The predicted octanol–water partition coefficient (Wildman–Crippen LogP) is 0.647. The summed E-state index contributed by atoms with van der Waals surface area (Å²) >= 11 is 0. The van der Waals surface area contributed by atoms with E-state index < -0.39 is 0 Å². The first-order valence-corrected chi connectivity index (χ1v) is 5.85. The maximum atomic E-state index is 11.8. The molecule has 2 aliphatic rings. The Morgan fingerprint density at radius 1 is 1.53 bits per heavy atom. The number of hydrogen-bond acceptors (Lipinski definition) is 2. The number of nitrogens with zero attached hydrogens (tertiary/aromatic N) is 1. The van der Waals surface area contributed by atoms with Crippen LogP contribution in [0.15, 0.2) is 0 Å². The molecule has 2 aliphatic heterocycles. The summed E-state index contributed by atoms with van der Waals surface area (Å²) in [5.74, 6) is 0.524. The van der Waals surface area contributed by atoms with Gasteiger partial charge in [0.2, 0.25) is 0 Å². The standard InChI is InChI=1S/C11H21N3O/c1-9(2)5-13-10(15)14-4-3-11(8-14)6-12-7-11/h9,12H,3-8H2,1-2H3,(H,13,15). The van der Waals surface area contributed by atoms with Gasteiger partial charge in [-0.05, 0) is 12.3 Å². The molecule has 2 rings (SSSR count). The molecular formula is C11H21N3O. The Morgan fingerprint density at radius 2 is 2.27 bits per heavy atom. The molecule has 2 amide bonds. The van der Waals surface area contributed by atoms with Crippen LogP contribution in [-0.2, 0) is 0 Å². The smallest absolute Gasteiger partial charge is 0.317 e. The molecule has 4 nitrogen and oxygen atoms in total. The number of amides is 2. The summed E-state index contributed by atoms with van der Waals surface area (Å²) in [6, 6.07) is 0.118. The quantitative estimate of drug-likeness (QED) is 0.704. The third-order valence-electron chi connectivity index (χ3n) is 3.39. The van der Waals surface area contributed by atoms with Gasteiger partial charge in [0, 0.05) is 38.1 Å². The van der Waals surface area contributed by atoms with E-state index in [9.17, 15) is 4.79 Å². The highest BCUT2D eigenvalue weighted by molar-refractivity contribution is 5.74. The zero-order valence-corrected chi connectivity index (χ0v) is 9.68. The number of hydrogen-bond donors (Lipinski definition) is 2. The topological polar surface area (TPSA) is 44.4 Å². The molecule has 2 N–H and O–H groups in total. The fraction of sp³-hybridized carbons (Fsp3) is 0.909. The summed E-state index contributed by atoms with van der Waals surface area (Å²) in [5.41, 5.74) is 0.412. The highest BCUT2D eigenvalue weighted by Crippen LogP contribution is 2.33. The van der Waals surface area contributed by atoms with Crippen LogP contribution in [-0.4, -0.2) is 43.7 Å². The van der Waals surface area contributed by atoms with E-state index in [0.29, 0.717) is 11.3 Å². The van der Waals surface area contributed by atoms with Crippen molar-refractivity contribution in [3.8, 4) is 0 Å². The third-order valence-corrected chi connectivity index (χ3v) is 3.39. The van der Waals surface area contributed by atoms with Crippen molar-refractivity contribution in [2.24, 2.45) is 11.3 Å². The Labute approximate surface area is 91.4 Å². The van der Waals surface area contributed by atoms with Crippen molar-refractivity contribution in [1.29, 1.82) is 0 Å². The van der Waals surface area contributed by atoms with Crippen LogP contribution in [0.25, 0.3) is 0 Å². The molecule has 1 spiro atoms. The van der Waals surface area contributed by atoms with E-state index in [2.05, 4.69) is 24.5 Å². The first-order valence-electron chi connectivity index (χ1n) is 5.85. The Hall–Kier alpha value is -0.770. The van der Waals surface area contributed by atoms with Gasteiger partial charge in [-0.25, -0.2) is 4.79 Å². The van der Waals surface area contributed by atoms with Crippen LogP contribution in [0.2, 0.25) is 0 Å². The van der Waals surface area contributed by atoms with Gasteiger partial charge in [-0.15, -0.1) is 0 Å². The van der Waals surface area contributed by atoms with Crippen molar-refractivity contribution in [2.75, 3.05) is 32.7 Å². The number of rotatable bonds is 2. The molecule has 2 saturated heterocycles. The number of nitrogens with one attached hydrogen (secondary N) is 2. The maximum absolute atomic E-state index is 11.8. The second-order valence-electron chi connectivity index (χ2n) is 5.36. The van der Waals surface area contributed by atoms with E-state index >= 15 is 0 Å². The summed E-state index contributed by atoms with van der Waals surface area (Å²) in [7, 11) is 0. The van der Waals surface area contributed by atoms with E-state index in [4.69, 9.17) is 0 Å². The average molecular weight is 211 g/mol. The van der Waals surface area contributed by atoms with Gasteiger partial charge in [0.15, 0.2) is 0 Å². The van der Waals surface area contributed by atoms with Gasteiger partial charge in [-0.2, -0.15) is 0 Å². The summed E-state index contributed by atoms with van der Waals surface area (Å²) in [6.07, 6.45) is 1.16. The third kappa shape index (κ3) is 2.25. The Bertz CT molecular complexity index is 248. The Morgan fingerprint density at radius 3 is 2.73 bits per heavy atom. The Kier molecular flexibility index (Phi) is 2.87. The first-order chi connectivity index (χ1) is 7.11. The summed E-state index contributed by atoms with van der Waals surface area (Å²) in [5, 5.41) is 6.27. The molecule has 0 radical (unpaired) electrons. The van der Waals surface area contributed by atoms with E-state index in [0.717, 1.165) is 39.1 Å². The monoisotopic (exact) mass is 211 g/mol. The van der Waals surface area contributed by atoms with Crippen LogP contribution in [0.1, 0.15) is 20.3 Å². The van der Waals surface area contributed by atoms with Gasteiger partial charge in [-0.1, -0.05) is 13.8 Å². The first kappa shape index (κ1) is 10.7. The largest absolute Gasteiger partial charge is 0.338 e. The summed E-state index contributed by atoms with van der Waals surface area (Å²) < 4.78 is 0. The summed E-state index contributed by atoms with van der Waals surface area (Å²) in [6.45, 7) is 9.03. The van der Waals surface area contributed by atoms with Gasteiger partial charge < -0.3 is 15.5 Å². The van der Waals surface area contributed by atoms with Crippen LogP contribution >= 0.6 is 0 Å². The molecule has 0 aromatic rings. The molecule has 0 atom stereocenters. The molecule has 86 valence electrons. The van der Waals surface area contributed by atoms with E-state index in [-0.39, 0.29) is 6.03 Å². The molecule has 0 aromatic carbocycles. The van der Waals surface area contributed by atoms with Crippen LogP contribution < -0.4 is 10.6 Å².